The van der Waals surface area contributed by atoms with Gasteiger partial charge in [0, 0.05) is 45.1 Å². The van der Waals surface area contributed by atoms with E-state index in [0.29, 0.717) is 69.5 Å². The number of nitrogens with two attached hydrogens (primary N) is 1. The van der Waals surface area contributed by atoms with Crippen molar-refractivity contribution in [3.05, 3.63) is 23.8 Å². The van der Waals surface area contributed by atoms with Gasteiger partial charge in [-0.05, 0) is 68.1 Å². The Labute approximate surface area is 247 Å². The molecular formula is C32H56N2O7. The summed E-state index contributed by atoms with van der Waals surface area (Å²) >= 11 is 0. The summed E-state index contributed by atoms with van der Waals surface area (Å²) in [7, 11) is 3.06. The summed E-state index contributed by atoms with van der Waals surface area (Å²) in [5.41, 5.74) is 7.57. The first-order valence-corrected chi connectivity index (χ1v) is 15.3. The molecule has 0 fully saturated rings. The highest BCUT2D eigenvalue weighted by atomic mass is 16.5. The van der Waals surface area contributed by atoms with Gasteiger partial charge in [-0.15, -0.1) is 0 Å². The van der Waals surface area contributed by atoms with Crippen LogP contribution in [0.4, 0.5) is 0 Å². The number of amides is 1. The molecule has 4 atom stereocenters. The van der Waals surface area contributed by atoms with Gasteiger partial charge in [0.25, 0.3) is 0 Å². The van der Waals surface area contributed by atoms with E-state index in [9.17, 15) is 14.7 Å². The monoisotopic (exact) mass is 580 g/mol. The summed E-state index contributed by atoms with van der Waals surface area (Å²) in [5, 5.41) is 13.8. The molecule has 0 radical (unpaired) electrons. The van der Waals surface area contributed by atoms with Crippen molar-refractivity contribution >= 4 is 11.9 Å². The van der Waals surface area contributed by atoms with Crippen LogP contribution in [0, 0.1) is 17.8 Å². The predicted octanol–water partition coefficient (Wildman–Crippen LogP) is 4.66. The van der Waals surface area contributed by atoms with Crippen molar-refractivity contribution in [2.45, 2.75) is 97.6 Å². The zero-order chi connectivity index (χ0) is 30.6. The Morgan fingerprint density at radius 3 is 2.32 bits per heavy atom. The van der Waals surface area contributed by atoms with Gasteiger partial charge in [-0.3, -0.25) is 9.59 Å². The average Bonchev–Trinajstić information content (AvgIpc) is 2.95. The van der Waals surface area contributed by atoms with E-state index < -0.39 is 12.1 Å². The Morgan fingerprint density at radius 2 is 1.66 bits per heavy atom. The summed E-state index contributed by atoms with van der Waals surface area (Å²) < 4.78 is 21.9. The molecule has 0 saturated heterocycles. The van der Waals surface area contributed by atoms with E-state index in [4.69, 9.17) is 24.7 Å². The first-order chi connectivity index (χ1) is 19.6. The number of methoxy groups -OCH3 is 2. The lowest BCUT2D eigenvalue weighted by Gasteiger charge is -2.28. The Balaban J connectivity index is 2.82. The van der Waals surface area contributed by atoms with E-state index in [-0.39, 0.29) is 23.7 Å². The molecule has 1 rings (SSSR count). The van der Waals surface area contributed by atoms with Crippen LogP contribution in [0.1, 0.15) is 84.6 Å². The van der Waals surface area contributed by atoms with Gasteiger partial charge in [0.1, 0.15) is 0 Å². The molecule has 0 aromatic heterocycles. The predicted molar refractivity (Wildman–Crippen MR) is 162 cm³/mol. The molecule has 0 bridgehead atoms. The van der Waals surface area contributed by atoms with E-state index in [1.165, 1.54) is 7.11 Å². The minimum absolute atomic E-state index is 0.0334. The third-order valence-electron chi connectivity index (χ3n) is 7.40. The molecule has 1 amide bonds. The van der Waals surface area contributed by atoms with Crippen molar-refractivity contribution < 1.29 is 33.6 Å². The van der Waals surface area contributed by atoms with Gasteiger partial charge < -0.3 is 35.1 Å². The summed E-state index contributed by atoms with van der Waals surface area (Å²) in [4.78, 5) is 23.7. The number of aliphatic hydroxyl groups excluding tert-OH is 1. The fourth-order valence-corrected chi connectivity index (χ4v) is 4.56. The molecule has 9 nitrogen and oxygen atoms in total. The average molecular weight is 581 g/mol. The Morgan fingerprint density at radius 1 is 0.951 bits per heavy atom. The molecule has 0 unspecified atom stereocenters. The first kappa shape index (κ1) is 36.7. The summed E-state index contributed by atoms with van der Waals surface area (Å²) in [6.07, 6.45) is 5.54. The van der Waals surface area contributed by atoms with Gasteiger partial charge in [0.05, 0.1) is 26.4 Å². The highest BCUT2D eigenvalue weighted by Gasteiger charge is 2.26. The zero-order valence-electron chi connectivity index (χ0n) is 26.3. The van der Waals surface area contributed by atoms with Gasteiger partial charge in [0.15, 0.2) is 11.5 Å². The van der Waals surface area contributed by atoms with Crippen molar-refractivity contribution in [3.8, 4) is 11.5 Å². The van der Waals surface area contributed by atoms with E-state index in [1.807, 2.05) is 25.1 Å². The second kappa shape index (κ2) is 21.4. The van der Waals surface area contributed by atoms with E-state index in [0.717, 1.165) is 37.7 Å². The number of benzene rings is 1. The van der Waals surface area contributed by atoms with Crippen LogP contribution in [0.3, 0.4) is 0 Å². The number of nitrogens with one attached hydrogen (secondary N) is 1. The highest BCUT2D eigenvalue weighted by molar-refractivity contribution is 5.78. The minimum Gasteiger partial charge on any atom is -0.490 e. The fourth-order valence-electron chi connectivity index (χ4n) is 4.56. The third-order valence-corrected chi connectivity index (χ3v) is 7.40. The molecule has 0 heterocycles. The summed E-state index contributed by atoms with van der Waals surface area (Å²) in [6, 6.07) is 5.58. The first-order valence-electron chi connectivity index (χ1n) is 15.3. The van der Waals surface area contributed by atoms with Crippen molar-refractivity contribution in [2.75, 3.05) is 40.6 Å². The molecule has 0 saturated carbocycles. The molecule has 1 aromatic carbocycles. The fraction of sp³-hybridized carbons (Fsp3) is 0.750. The smallest absolute Gasteiger partial charge is 0.305 e. The molecule has 0 spiro atoms. The molecule has 9 heteroatoms. The molecule has 1 aromatic rings. The van der Waals surface area contributed by atoms with Gasteiger partial charge >= 0.3 is 5.97 Å². The number of ether oxygens (including phenoxy) is 4. The molecule has 41 heavy (non-hydrogen) atoms. The van der Waals surface area contributed by atoms with Crippen LogP contribution in [-0.2, 0) is 25.5 Å². The number of hydrogen-bond donors (Lipinski definition) is 3. The number of esters is 1. The standard InChI is InChI=1S/C32H56N2O7/c1-7-8-15-34-32(37)24(4)19-28(35)27(33)22-26(23(2)3)20-25-13-14-29(30(21-25)41-18-11-16-38-5)40-17-10-9-12-31(36)39-6/h13-14,21,23-24,26-28,35H,7-12,15-20,22,33H2,1-6H3,(H,34,37)/t24-,26+,27+,28+/m1/s1. The lowest BCUT2D eigenvalue weighted by atomic mass is 9.82. The van der Waals surface area contributed by atoms with Crippen molar-refractivity contribution in [1.29, 1.82) is 0 Å². The van der Waals surface area contributed by atoms with Crippen LogP contribution < -0.4 is 20.5 Å². The van der Waals surface area contributed by atoms with Gasteiger partial charge in [-0.1, -0.05) is 40.2 Å². The number of aliphatic hydroxyl groups is 1. The van der Waals surface area contributed by atoms with E-state index >= 15 is 0 Å². The Kier molecular flexibility index (Phi) is 19.1. The normalized spacial score (nSPS) is 14.3. The van der Waals surface area contributed by atoms with Crippen molar-refractivity contribution in [1.82, 2.24) is 5.32 Å². The second-order valence-electron chi connectivity index (χ2n) is 11.3. The van der Waals surface area contributed by atoms with E-state index in [2.05, 4.69) is 26.1 Å². The topological polar surface area (TPSA) is 129 Å². The van der Waals surface area contributed by atoms with E-state index in [1.54, 1.807) is 7.11 Å². The maximum Gasteiger partial charge on any atom is 0.305 e. The third kappa shape index (κ3) is 15.4. The Hall–Kier alpha value is -2.36. The number of carbonyl (C=O) groups is 2. The van der Waals surface area contributed by atoms with Crippen LogP contribution in [0.5, 0.6) is 11.5 Å². The largest absolute Gasteiger partial charge is 0.490 e. The quantitative estimate of drug-likeness (QED) is 0.126. The van der Waals surface area contributed by atoms with Crippen molar-refractivity contribution in [3.63, 3.8) is 0 Å². The molecule has 0 aliphatic carbocycles. The van der Waals surface area contributed by atoms with Crippen LogP contribution in [-0.4, -0.2) is 69.7 Å². The van der Waals surface area contributed by atoms with Crippen LogP contribution >= 0.6 is 0 Å². The molecule has 4 N–H and O–H groups in total. The summed E-state index contributed by atoms with van der Waals surface area (Å²) in [6.45, 7) is 10.5. The maximum atomic E-state index is 12.3. The van der Waals surface area contributed by atoms with Gasteiger partial charge in [-0.25, -0.2) is 0 Å². The van der Waals surface area contributed by atoms with Crippen LogP contribution in [0.2, 0.25) is 0 Å². The molecular weight excluding hydrogens is 524 g/mol. The maximum absolute atomic E-state index is 12.3. The lowest BCUT2D eigenvalue weighted by molar-refractivity contribution is -0.140. The number of hydrogen-bond acceptors (Lipinski definition) is 8. The van der Waals surface area contributed by atoms with Crippen molar-refractivity contribution in [2.24, 2.45) is 23.5 Å². The molecule has 0 aliphatic rings. The SMILES string of the molecule is CCCCNC(=O)[C@H](C)C[C@H](O)[C@@H](N)C[C@H](Cc1ccc(OCCCCC(=O)OC)c(OCCCOC)c1)C(C)C. The second-order valence-corrected chi connectivity index (χ2v) is 11.3. The number of unbranched alkanes of at least 4 members (excludes halogenated alkanes) is 2. The van der Waals surface area contributed by atoms with Gasteiger partial charge in [0.2, 0.25) is 5.91 Å². The number of carbonyl (C=O) groups excluding carboxylic acids is 2. The zero-order valence-corrected chi connectivity index (χ0v) is 26.3. The highest BCUT2D eigenvalue weighted by Crippen LogP contribution is 2.32. The molecule has 0 aliphatic heterocycles. The van der Waals surface area contributed by atoms with Crippen LogP contribution in [0.15, 0.2) is 18.2 Å². The Bertz CT molecular complexity index is 864. The van der Waals surface area contributed by atoms with Crippen LogP contribution in [0.25, 0.3) is 0 Å². The lowest BCUT2D eigenvalue weighted by Crippen LogP contribution is -2.41. The number of rotatable bonds is 23. The van der Waals surface area contributed by atoms with Gasteiger partial charge in [-0.2, -0.15) is 0 Å². The minimum atomic E-state index is -0.752. The molecule has 236 valence electrons. The summed E-state index contributed by atoms with van der Waals surface area (Å²) in [5.74, 6) is 1.39.